The maximum atomic E-state index is 9.48. The fraction of sp³-hybridized carbons (Fsp3) is 0. The van der Waals surface area contributed by atoms with Crippen LogP contribution in [0.25, 0.3) is 0 Å². The van der Waals surface area contributed by atoms with E-state index in [1.165, 1.54) is 0 Å². The highest BCUT2D eigenvalue weighted by Crippen LogP contribution is 1.41. The van der Waals surface area contributed by atoms with Crippen LogP contribution >= 0.6 is 0 Å². The molecule has 0 atom stereocenters. The third kappa shape index (κ3) is 2.94. The van der Waals surface area contributed by atoms with E-state index in [9.17, 15) is 9.59 Å². The van der Waals surface area contributed by atoms with E-state index < -0.39 is 6.03 Å². The summed E-state index contributed by atoms with van der Waals surface area (Å²) in [7, 11) is 0. The van der Waals surface area contributed by atoms with Crippen molar-refractivity contribution in [3.63, 3.8) is 0 Å². The molecule has 0 spiro atoms. The molecule has 3 amide bonds. The highest BCUT2D eigenvalue weighted by atomic mass is 16.2. The van der Waals surface area contributed by atoms with Gasteiger partial charge >= 0.3 is 7.46 Å². The van der Waals surface area contributed by atoms with E-state index in [1.807, 2.05) is 0 Å². The summed E-state index contributed by atoms with van der Waals surface area (Å²) in [6.07, 6.45) is 0.225. The molecule has 0 aliphatic rings. The van der Waals surface area contributed by atoms with Gasteiger partial charge in [0.15, 0.2) is 0 Å². The minimum atomic E-state index is -0.829. The highest BCUT2D eigenvalue weighted by molar-refractivity contribution is 5.82. The van der Waals surface area contributed by atoms with Gasteiger partial charge in [-0.1, -0.05) is 0 Å². The normalized spacial score (nSPS) is 6.67. The van der Waals surface area contributed by atoms with E-state index in [-0.39, 0.29) is 7.84 Å². The molecular weight excluding hydrogens is 84.0 g/mol. The Kier molecular flexibility index (Phi) is 1.81. The Balaban J connectivity index is 0. The minimum absolute atomic E-state index is 0. The third-order valence-electron chi connectivity index (χ3n) is 0.201. The van der Waals surface area contributed by atoms with Crippen molar-refractivity contribution in [1.29, 1.82) is 0 Å². The van der Waals surface area contributed by atoms with Crippen molar-refractivity contribution >= 4 is 12.4 Å². The summed E-state index contributed by atoms with van der Waals surface area (Å²) < 4.78 is 0. The lowest BCUT2D eigenvalue weighted by Crippen LogP contribution is -2.27. The highest BCUT2D eigenvalue weighted by Gasteiger charge is 1.79. The number of amides is 3. The summed E-state index contributed by atoms with van der Waals surface area (Å²) >= 11 is 0. The fourth-order valence-corrected chi connectivity index (χ4v) is 0.0581. The Hall–Kier alpha value is -1.06. The van der Waals surface area contributed by atoms with Crippen LogP contribution in [-0.4, -0.2) is 12.4 Å². The van der Waals surface area contributed by atoms with Crippen LogP contribution < -0.4 is 11.1 Å². The van der Waals surface area contributed by atoms with Crippen LogP contribution in [0.2, 0.25) is 0 Å². The average Bonchev–Trinajstić information content (AvgIpc) is 1.35. The van der Waals surface area contributed by atoms with Crippen molar-refractivity contribution in [1.82, 2.24) is 5.32 Å². The molecule has 34 valence electrons. The van der Waals surface area contributed by atoms with E-state index in [2.05, 4.69) is 5.73 Å². The van der Waals surface area contributed by atoms with E-state index in [4.69, 9.17) is 0 Å². The maximum absolute atomic E-state index is 9.48. The predicted molar refractivity (Wildman–Crippen MR) is 19.9 cm³/mol. The van der Waals surface area contributed by atoms with Crippen LogP contribution in [0.3, 0.4) is 0 Å². The van der Waals surface area contributed by atoms with Crippen LogP contribution in [-0.2, 0) is 4.79 Å². The standard InChI is InChI=1S/C2H4N2O2/c3-2(6)4-1-5/h1H,(H3,3,4,5,6)/p+1. The van der Waals surface area contributed by atoms with Gasteiger partial charge in [-0.3, -0.25) is 10.1 Å². The molecule has 0 rings (SSSR count). The number of carbonyl (C=O) groups excluding carboxylic acids is 2. The molecule has 0 bridgehead atoms. The number of hydrogen-bond donors (Lipinski definition) is 2. The molecule has 6 heavy (non-hydrogen) atoms. The number of nitrogens with two attached hydrogens (primary N) is 1. The van der Waals surface area contributed by atoms with Gasteiger partial charge < -0.3 is 5.73 Å². The first-order valence-electron chi connectivity index (χ1n) is 1.27. The zero-order valence-corrected chi connectivity index (χ0v) is 2.97. The van der Waals surface area contributed by atoms with Crippen LogP contribution in [0.4, 0.5) is 4.79 Å². The molecule has 0 saturated carbocycles. The molecule has 3 N–H and O–H groups in total. The van der Waals surface area contributed by atoms with Gasteiger partial charge in [0.2, 0.25) is 6.41 Å². The Labute approximate surface area is 35.8 Å². The molecule has 0 unspecified atom stereocenters. The number of imide groups is 1. The molecule has 0 radical (unpaired) electrons. The Morgan fingerprint density at radius 2 is 2.50 bits per heavy atom. The monoisotopic (exact) mass is 89.0 g/mol. The predicted octanol–water partition coefficient (Wildman–Crippen LogP) is -1.08. The summed E-state index contributed by atoms with van der Waals surface area (Å²) in [5.41, 5.74) is 4.42. The Morgan fingerprint density at radius 3 is 2.50 bits per heavy atom. The number of carbonyl (C=O) groups is 2. The van der Waals surface area contributed by atoms with Gasteiger partial charge in [0.25, 0.3) is 0 Å². The quantitative estimate of drug-likeness (QED) is 0.401. The molecule has 4 heteroatoms. The number of nitrogens with one attached hydrogen (secondary N) is 1. The van der Waals surface area contributed by atoms with Crippen LogP contribution in [0.15, 0.2) is 0 Å². The summed E-state index contributed by atoms with van der Waals surface area (Å²) in [6, 6.07) is -0.829. The molecule has 0 heterocycles. The third-order valence-corrected chi connectivity index (χ3v) is 0.201. The van der Waals surface area contributed by atoms with Crippen LogP contribution in [0.5, 0.6) is 0 Å². The second-order valence-electron chi connectivity index (χ2n) is 0.626. The first-order chi connectivity index (χ1) is 2.77. The van der Waals surface area contributed by atoms with Crippen molar-refractivity contribution in [2.45, 2.75) is 0 Å². The zero-order chi connectivity index (χ0) is 4.99. The molecule has 0 aliphatic carbocycles. The topological polar surface area (TPSA) is 72.2 Å². The van der Waals surface area contributed by atoms with Gasteiger partial charge in [-0.15, -0.1) is 0 Å². The number of urea groups is 1. The van der Waals surface area contributed by atoms with Gasteiger partial charge in [0.05, 0.1) is 0 Å². The molecule has 0 aromatic heterocycles. The average molecular weight is 89.1 g/mol. The Morgan fingerprint density at radius 1 is 2.00 bits per heavy atom. The summed E-state index contributed by atoms with van der Waals surface area (Å²) in [4.78, 5) is 18.7. The van der Waals surface area contributed by atoms with Crippen molar-refractivity contribution < 1.29 is 11.0 Å². The number of primary amides is 1. The zero-order valence-electron chi connectivity index (χ0n) is 3.97. The second kappa shape index (κ2) is 2.19. The largest absolute Gasteiger partial charge is 1.00 e. The first-order valence-corrected chi connectivity index (χ1v) is 1.27. The molecule has 0 aliphatic heterocycles. The van der Waals surface area contributed by atoms with Crippen LogP contribution in [0.1, 0.15) is 1.43 Å². The smallest absolute Gasteiger partial charge is 0.351 e. The fourth-order valence-electron chi connectivity index (χ4n) is 0.0581. The van der Waals surface area contributed by atoms with E-state index in [0.717, 1.165) is 0 Å². The van der Waals surface area contributed by atoms with Crippen molar-refractivity contribution in [2.24, 2.45) is 5.73 Å². The minimum Gasteiger partial charge on any atom is -0.351 e. The lowest BCUT2D eigenvalue weighted by atomic mass is 11.0. The Bertz CT molecular complexity index is 74.1. The number of rotatable bonds is 1. The summed E-state index contributed by atoms with van der Waals surface area (Å²) in [5, 5.41) is 1.67. The van der Waals surface area contributed by atoms with E-state index in [0.29, 0.717) is 0 Å². The van der Waals surface area contributed by atoms with E-state index >= 15 is 0 Å². The lowest BCUT2D eigenvalue weighted by molar-refractivity contribution is -0.108. The van der Waals surface area contributed by atoms with Gasteiger partial charge in [-0.05, 0) is 0 Å². The van der Waals surface area contributed by atoms with Gasteiger partial charge in [-0.25, -0.2) is 4.79 Å². The molecule has 0 aromatic carbocycles. The molecule has 0 fully saturated rings. The molecule has 0 saturated heterocycles. The van der Waals surface area contributed by atoms with E-state index in [1.54, 1.807) is 5.32 Å². The second-order valence-corrected chi connectivity index (χ2v) is 0.626. The SMILES string of the molecule is NC(=O)NC=O.[H+]. The van der Waals surface area contributed by atoms with Crippen molar-refractivity contribution in [2.75, 3.05) is 0 Å². The molecule has 4 nitrogen and oxygen atoms in total. The molecular formula is C2H5N2O2+. The first kappa shape index (κ1) is 4.94. The van der Waals surface area contributed by atoms with Gasteiger partial charge in [0, 0.05) is 0 Å². The van der Waals surface area contributed by atoms with Crippen LogP contribution in [0, 0.1) is 0 Å². The number of hydrogen-bond acceptors (Lipinski definition) is 2. The van der Waals surface area contributed by atoms with Gasteiger partial charge in [-0.2, -0.15) is 0 Å². The molecule has 0 aromatic rings. The van der Waals surface area contributed by atoms with Crippen molar-refractivity contribution in [3.05, 3.63) is 0 Å². The summed E-state index contributed by atoms with van der Waals surface area (Å²) in [6.45, 7) is 0. The summed E-state index contributed by atoms with van der Waals surface area (Å²) in [5.74, 6) is 0. The lowest BCUT2D eigenvalue weighted by Gasteiger charge is -1.79. The van der Waals surface area contributed by atoms with Gasteiger partial charge in [0.1, 0.15) is 0 Å². The van der Waals surface area contributed by atoms with Crippen molar-refractivity contribution in [3.8, 4) is 0 Å². The maximum Gasteiger partial charge on any atom is 1.00 e.